The molecule has 2 heterocycles. The van der Waals surface area contributed by atoms with Gasteiger partial charge in [0.25, 0.3) is 5.91 Å². The monoisotopic (exact) mass is 314 g/mol. The number of carbonyl (C=O) groups is 1. The van der Waals surface area contributed by atoms with Crippen LogP contribution >= 0.6 is 11.3 Å². The Morgan fingerprint density at radius 3 is 2.64 bits per heavy atom. The summed E-state index contributed by atoms with van der Waals surface area (Å²) in [5, 5.41) is 1.98. The van der Waals surface area contributed by atoms with E-state index in [-0.39, 0.29) is 5.91 Å². The Kier molecular flexibility index (Phi) is 4.48. The van der Waals surface area contributed by atoms with Crippen LogP contribution in [0.2, 0.25) is 0 Å². The largest absolute Gasteiger partial charge is 0.371 e. The Morgan fingerprint density at radius 2 is 1.95 bits per heavy atom. The third-order valence-corrected chi connectivity index (χ3v) is 5.25. The third kappa shape index (κ3) is 3.02. The molecule has 0 spiro atoms. The van der Waals surface area contributed by atoms with Gasteiger partial charge >= 0.3 is 0 Å². The Morgan fingerprint density at radius 1 is 1.23 bits per heavy atom. The maximum atomic E-state index is 12.6. The van der Waals surface area contributed by atoms with Crippen LogP contribution in [0.5, 0.6) is 0 Å². The van der Waals surface area contributed by atoms with E-state index >= 15 is 0 Å². The minimum Gasteiger partial charge on any atom is -0.371 e. The van der Waals surface area contributed by atoms with E-state index in [1.165, 1.54) is 35.4 Å². The summed E-state index contributed by atoms with van der Waals surface area (Å²) >= 11 is 1.52. The van der Waals surface area contributed by atoms with E-state index in [1.807, 2.05) is 30.3 Å². The molecular weight excluding hydrogens is 292 g/mol. The Hall–Kier alpha value is -1.81. The van der Waals surface area contributed by atoms with Crippen molar-refractivity contribution in [3.63, 3.8) is 0 Å². The van der Waals surface area contributed by atoms with E-state index in [9.17, 15) is 4.79 Å². The zero-order chi connectivity index (χ0) is 15.5. The molecular formula is C18H22N2OS. The molecule has 0 N–H and O–H groups in total. The van der Waals surface area contributed by atoms with Crippen LogP contribution in [0.15, 0.2) is 35.7 Å². The molecule has 1 aromatic heterocycles. The van der Waals surface area contributed by atoms with E-state index in [0.717, 1.165) is 23.5 Å². The van der Waals surface area contributed by atoms with Gasteiger partial charge in [-0.3, -0.25) is 4.79 Å². The first-order valence-electron chi connectivity index (χ1n) is 7.79. The average molecular weight is 314 g/mol. The van der Waals surface area contributed by atoms with Gasteiger partial charge in [-0.2, -0.15) is 0 Å². The van der Waals surface area contributed by atoms with E-state index < -0.39 is 0 Å². The first kappa shape index (κ1) is 15.1. The maximum absolute atomic E-state index is 12.6. The summed E-state index contributed by atoms with van der Waals surface area (Å²) in [6.45, 7) is 4.90. The van der Waals surface area contributed by atoms with Crippen LogP contribution in [0.4, 0.5) is 5.69 Å². The number of para-hydroxylation sites is 1. The molecule has 1 fully saturated rings. The number of nitrogens with zero attached hydrogens (tertiary/aromatic N) is 2. The number of hydrogen-bond donors (Lipinski definition) is 0. The van der Waals surface area contributed by atoms with Crippen LogP contribution in [0.25, 0.3) is 0 Å². The lowest BCUT2D eigenvalue weighted by Gasteiger charge is -2.24. The van der Waals surface area contributed by atoms with Crippen molar-refractivity contribution in [3.05, 3.63) is 51.7 Å². The number of benzene rings is 1. The van der Waals surface area contributed by atoms with Gasteiger partial charge in [-0.25, -0.2) is 0 Å². The van der Waals surface area contributed by atoms with E-state index in [0.29, 0.717) is 6.54 Å². The van der Waals surface area contributed by atoms with Crippen LogP contribution < -0.4 is 4.90 Å². The minimum absolute atomic E-state index is 0.115. The lowest BCUT2D eigenvalue weighted by molar-refractivity contribution is 0.0789. The van der Waals surface area contributed by atoms with Gasteiger partial charge in [0.2, 0.25) is 0 Å². The van der Waals surface area contributed by atoms with Gasteiger partial charge in [0.1, 0.15) is 0 Å². The van der Waals surface area contributed by atoms with Crippen LogP contribution in [-0.4, -0.2) is 30.9 Å². The average Bonchev–Trinajstić information content (AvgIpc) is 3.18. The summed E-state index contributed by atoms with van der Waals surface area (Å²) in [7, 11) is 1.89. The molecule has 1 aliphatic heterocycles. The molecule has 0 bridgehead atoms. The zero-order valence-corrected chi connectivity index (χ0v) is 14.0. The fraction of sp³-hybridized carbons (Fsp3) is 0.389. The van der Waals surface area contributed by atoms with Gasteiger partial charge in [0.05, 0.1) is 4.88 Å². The summed E-state index contributed by atoms with van der Waals surface area (Å²) in [6.07, 6.45) is 2.52. The first-order chi connectivity index (χ1) is 10.7. The van der Waals surface area contributed by atoms with Crippen LogP contribution in [0, 0.1) is 6.92 Å². The Bertz CT molecular complexity index is 659. The number of amides is 1. The molecule has 22 heavy (non-hydrogen) atoms. The molecule has 0 saturated carbocycles. The van der Waals surface area contributed by atoms with Gasteiger partial charge < -0.3 is 9.80 Å². The molecule has 1 aliphatic rings. The lowest BCUT2D eigenvalue weighted by Crippen LogP contribution is -2.27. The highest BCUT2D eigenvalue weighted by molar-refractivity contribution is 7.12. The lowest BCUT2D eigenvalue weighted by atomic mass is 10.1. The van der Waals surface area contributed by atoms with Crippen molar-refractivity contribution in [2.45, 2.75) is 26.3 Å². The predicted molar refractivity (Wildman–Crippen MR) is 92.7 cm³/mol. The van der Waals surface area contributed by atoms with Crippen molar-refractivity contribution in [1.82, 2.24) is 4.90 Å². The molecule has 0 unspecified atom stereocenters. The van der Waals surface area contributed by atoms with Crippen LogP contribution in [0.3, 0.4) is 0 Å². The second-order valence-corrected chi connectivity index (χ2v) is 6.83. The van der Waals surface area contributed by atoms with Crippen molar-refractivity contribution in [3.8, 4) is 0 Å². The molecule has 0 radical (unpaired) electrons. The molecule has 1 amide bonds. The second-order valence-electron chi connectivity index (χ2n) is 5.92. The maximum Gasteiger partial charge on any atom is 0.264 e. The minimum atomic E-state index is 0.115. The number of anilines is 1. The SMILES string of the molecule is Cc1ccsc1C(=O)N(C)Cc1ccccc1N1CCCC1. The van der Waals surface area contributed by atoms with Gasteiger partial charge in [0, 0.05) is 32.4 Å². The molecule has 0 aliphatic carbocycles. The Balaban J connectivity index is 1.78. The highest BCUT2D eigenvalue weighted by Gasteiger charge is 2.19. The summed E-state index contributed by atoms with van der Waals surface area (Å²) in [5.41, 5.74) is 3.58. The fourth-order valence-corrected chi connectivity index (χ4v) is 3.92. The van der Waals surface area contributed by atoms with Gasteiger partial charge in [-0.1, -0.05) is 18.2 Å². The predicted octanol–water partition coefficient (Wildman–Crippen LogP) is 3.93. The summed E-state index contributed by atoms with van der Waals surface area (Å²) in [5.74, 6) is 0.115. The molecule has 2 aromatic rings. The number of rotatable bonds is 4. The van der Waals surface area contributed by atoms with Gasteiger partial charge in [0.15, 0.2) is 0 Å². The smallest absolute Gasteiger partial charge is 0.264 e. The summed E-state index contributed by atoms with van der Waals surface area (Å²) < 4.78 is 0. The third-order valence-electron chi connectivity index (χ3n) is 4.25. The summed E-state index contributed by atoms with van der Waals surface area (Å²) in [4.78, 5) is 17.7. The highest BCUT2D eigenvalue weighted by Crippen LogP contribution is 2.26. The number of thiophene rings is 1. The fourth-order valence-electron chi connectivity index (χ4n) is 3.00. The number of carbonyl (C=O) groups excluding carboxylic acids is 1. The zero-order valence-electron chi connectivity index (χ0n) is 13.2. The van der Waals surface area contributed by atoms with Crippen molar-refractivity contribution in [2.24, 2.45) is 0 Å². The molecule has 1 saturated heterocycles. The molecule has 0 atom stereocenters. The van der Waals surface area contributed by atoms with Gasteiger partial charge in [-0.15, -0.1) is 11.3 Å². The van der Waals surface area contributed by atoms with Crippen molar-refractivity contribution >= 4 is 22.9 Å². The molecule has 4 heteroatoms. The van der Waals surface area contributed by atoms with Crippen molar-refractivity contribution in [2.75, 3.05) is 25.0 Å². The van der Waals surface area contributed by atoms with Crippen molar-refractivity contribution in [1.29, 1.82) is 0 Å². The highest BCUT2D eigenvalue weighted by atomic mass is 32.1. The van der Waals surface area contributed by atoms with Crippen LogP contribution in [-0.2, 0) is 6.54 Å². The molecule has 3 rings (SSSR count). The standard InChI is InChI=1S/C18H22N2OS/c1-14-9-12-22-17(14)18(21)19(2)13-15-7-3-4-8-16(15)20-10-5-6-11-20/h3-4,7-9,12H,5-6,10-11,13H2,1-2H3. The molecule has 1 aromatic carbocycles. The van der Waals surface area contributed by atoms with Gasteiger partial charge in [-0.05, 0) is 48.4 Å². The molecule has 3 nitrogen and oxygen atoms in total. The van der Waals surface area contributed by atoms with E-state index in [2.05, 4.69) is 29.2 Å². The summed E-state index contributed by atoms with van der Waals surface area (Å²) in [6, 6.07) is 10.5. The number of aryl methyl sites for hydroxylation is 1. The van der Waals surface area contributed by atoms with E-state index in [4.69, 9.17) is 0 Å². The molecule has 116 valence electrons. The second kappa shape index (κ2) is 6.53. The normalized spacial score (nSPS) is 14.4. The van der Waals surface area contributed by atoms with E-state index in [1.54, 1.807) is 0 Å². The Labute approximate surface area is 136 Å². The topological polar surface area (TPSA) is 23.6 Å². The first-order valence-corrected chi connectivity index (χ1v) is 8.67. The van der Waals surface area contributed by atoms with Crippen LogP contribution in [0.1, 0.15) is 33.6 Å². The van der Waals surface area contributed by atoms with Crippen molar-refractivity contribution < 1.29 is 4.79 Å². The number of hydrogen-bond acceptors (Lipinski definition) is 3. The quantitative estimate of drug-likeness (QED) is 0.853.